The Hall–Kier alpha value is -3.41. The highest BCUT2D eigenvalue weighted by molar-refractivity contribution is 6.00. The van der Waals surface area contributed by atoms with E-state index >= 15 is 0 Å². The number of para-hydroxylation sites is 1. The van der Waals surface area contributed by atoms with Crippen molar-refractivity contribution in [3.05, 3.63) is 28.7 Å². The van der Waals surface area contributed by atoms with Crippen LogP contribution in [0.1, 0.15) is 25.3 Å². The molecule has 3 fully saturated rings. The lowest BCUT2D eigenvalue weighted by atomic mass is 10.0. The third kappa shape index (κ3) is 4.05. The highest BCUT2D eigenvalue weighted by atomic mass is 19.1. The van der Waals surface area contributed by atoms with Gasteiger partial charge in [-0.05, 0) is 25.0 Å². The van der Waals surface area contributed by atoms with Crippen LogP contribution >= 0.6 is 0 Å². The van der Waals surface area contributed by atoms with E-state index < -0.39 is 24.2 Å². The molecule has 3 atom stereocenters. The Kier molecular flexibility index (Phi) is 5.99. The zero-order valence-corrected chi connectivity index (χ0v) is 19.5. The summed E-state index contributed by atoms with van der Waals surface area (Å²) in [6.07, 6.45) is -1.39. The predicted octanol–water partition coefficient (Wildman–Crippen LogP) is 0.530. The maximum atomic E-state index is 14.7. The molecule has 0 aliphatic carbocycles. The van der Waals surface area contributed by atoms with Gasteiger partial charge in [0.05, 0.1) is 23.3 Å². The SMILES string of the molecule is Cn1c(=O)n(C2CCC(=O)NC2=O)c2cccc(N3CCN([C@@H]4CCN(C(=O)O)C[C@H]4F)CC3)c21. The number of amides is 3. The molecule has 1 aromatic carbocycles. The molecule has 0 bridgehead atoms. The fourth-order valence-electron chi connectivity index (χ4n) is 5.67. The van der Waals surface area contributed by atoms with Crippen LogP contribution in [0.4, 0.5) is 14.9 Å². The van der Waals surface area contributed by atoms with E-state index in [1.54, 1.807) is 11.6 Å². The Balaban J connectivity index is 1.36. The maximum Gasteiger partial charge on any atom is 0.407 e. The molecular formula is C23H29FN6O5. The number of piperidine rings is 2. The molecule has 3 amide bonds. The molecule has 4 heterocycles. The first kappa shape index (κ1) is 23.3. The Morgan fingerprint density at radius 1 is 1.09 bits per heavy atom. The number of halogens is 1. The third-order valence-electron chi connectivity index (χ3n) is 7.50. The molecular weight excluding hydrogens is 459 g/mol. The molecule has 2 N–H and O–H groups in total. The molecule has 12 heteroatoms. The number of hydrogen-bond acceptors (Lipinski definition) is 6. The number of carboxylic acid groups (broad SMARTS) is 1. The van der Waals surface area contributed by atoms with Crippen LogP contribution in [-0.4, -0.2) is 93.4 Å². The van der Waals surface area contributed by atoms with Crippen LogP contribution < -0.4 is 15.9 Å². The molecule has 0 saturated carbocycles. The topological polar surface area (TPSA) is 120 Å². The number of aromatic nitrogens is 2. The van der Waals surface area contributed by atoms with Crippen LogP contribution in [0.3, 0.4) is 0 Å². The van der Waals surface area contributed by atoms with Crippen molar-refractivity contribution in [2.75, 3.05) is 44.2 Å². The van der Waals surface area contributed by atoms with Crippen molar-refractivity contribution in [3.63, 3.8) is 0 Å². The summed E-state index contributed by atoms with van der Waals surface area (Å²) in [4.78, 5) is 53.8. The number of piperazine rings is 1. The van der Waals surface area contributed by atoms with Crippen LogP contribution in [-0.2, 0) is 16.6 Å². The smallest absolute Gasteiger partial charge is 0.407 e. The summed E-state index contributed by atoms with van der Waals surface area (Å²) in [5.74, 6) is -0.799. The van der Waals surface area contributed by atoms with Crippen molar-refractivity contribution >= 4 is 34.6 Å². The second-order valence-corrected chi connectivity index (χ2v) is 9.45. The fraction of sp³-hybridized carbons (Fsp3) is 0.565. The van der Waals surface area contributed by atoms with Crippen molar-refractivity contribution in [1.29, 1.82) is 0 Å². The molecule has 1 unspecified atom stereocenters. The number of nitrogens with one attached hydrogen (secondary N) is 1. The van der Waals surface area contributed by atoms with Crippen LogP contribution in [0.25, 0.3) is 11.0 Å². The second-order valence-electron chi connectivity index (χ2n) is 9.45. The van der Waals surface area contributed by atoms with Gasteiger partial charge >= 0.3 is 11.8 Å². The quantitative estimate of drug-likeness (QED) is 0.605. The number of likely N-dealkylation sites (tertiary alicyclic amines) is 1. The largest absolute Gasteiger partial charge is 0.465 e. The first-order valence-electron chi connectivity index (χ1n) is 11.9. The van der Waals surface area contributed by atoms with Gasteiger partial charge in [-0.2, -0.15) is 0 Å². The molecule has 3 saturated heterocycles. The van der Waals surface area contributed by atoms with Gasteiger partial charge in [-0.3, -0.25) is 28.9 Å². The molecule has 0 radical (unpaired) electrons. The highest BCUT2D eigenvalue weighted by Gasteiger charge is 2.37. The maximum absolute atomic E-state index is 14.7. The van der Waals surface area contributed by atoms with Gasteiger partial charge in [-0.15, -0.1) is 0 Å². The Morgan fingerprint density at radius 3 is 2.49 bits per heavy atom. The van der Waals surface area contributed by atoms with Crippen molar-refractivity contribution in [2.24, 2.45) is 7.05 Å². The van der Waals surface area contributed by atoms with Crippen LogP contribution in [0.15, 0.2) is 23.0 Å². The molecule has 11 nitrogen and oxygen atoms in total. The number of hydrogen-bond donors (Lipinski definition) is 2. The number of nitrogens with zero attached hydrogens (tertiary/aromatic N) is 5. The lowest BCUT2D eigenvalue weighted by molar-refractivity contribution is -0.135. The summed E-state index contributed by atoms with van der Waals surface area (Å²) in [6.45, 7) is 2.73. The van der Waals surface area contributed by atoms with E-state index in [0.717, 1.165) is 10.6 Å². The minimum Gasteiger partial charge on any atom is -0.465 e. The second kappa shape index (κ2) is 8.99. The van der Waals surface area contributed by atoms with E-state index in [2.05, 4.69) is 15.1 Å². The fourth-order valence-corrected chi connectivity index (χ4v) is 5.67. The molecule has 1 aromatic heterocycles. The van der Waals surface area contributed by atoms with Crippen molar-refractivity contribution < 1.29 is 23.9 Å². The number of rotatable bonds is 3. The number of fused-ring (bicyclic) bond motifs is 1. The number of carbonyl (C=O) groups excluding carboxylic acids is 2. The zero-order valence-electron chi connectivity index (χ0n) is 19.5. The molecule has 0 spiro atoms. The predicted molar refractivity (Wildman–Crippen MR) is 125 cm³/mol. The number of aryl methyl sites for hydroxylation is 1. The van der Waals surface area contributed by atoms with Gasteiger partial charge in [0, 0.05) is 52.2 Å². The average molecular weight is 489 g/mol. The number of benzene rings is 1. The molecule has 188 valence electrons. The molecule has 35 heavy (non-hydrogen) atoms. The minimum atomic E-state index is -1.22. The van der Waals surface area contributed by atoms with Crippen molar-refractivity contribution in [3.8, 4) is 0 Å². The summed E-state index contributed by atoms with van der Waals surface area (Å²) in [5, 5.41) is 11.5. The van der Waals surface area contributed by atoms with E-state index in [-0.39, 0.29) is 37.0 Å². The monoisotopic (exact) mass is 488 g/mol. The normalized spacial score (nSPS) is 26.3. The van der Waals surface area contributed by atoms with Gasteiger partial charge in [0.25, 0.3) is 0 Å². The summed E-state index contributed by atoms with van der Waals surface area (Å²) in [6, 6.07) is 4.56. The van der Waals surface area contributed by atoms with Crippen LogP contribution in [0, 0.1) is 0 Å². The van der Waals surface area contributed by atoms with Crippen molar-refractivity contribution in [1.82, 2.24) is 24.3 Å². The lowest BCUT2D eigenvalue weighted by Crippen LogP contribution is -2.58. The Labute approximate surface area is 200 Å². The first-order valence-corrected chi connectivity index (χ1v) is 11.9. The molecule has 3 aliphatic heterocycles. The molecule has 3 aliphatic rings. The average Bonchev–Trinajstić information content (AvgIpc) is 3.09. The Bertz CT molecular complexity index is 1230. The standard InChI is InChI=1S/C23H29FN6O5/c1-26-20-16(3-2-4-17(20)30(22(26)33)18-5-6-19(31)25-21(18)32)28-11-9-27(10-12-28)15-7-8-29(23(34)35)13-14(15)24/h2-4,14-15,18H,5-13H2,1H3,(H,34,35)(H,25,31,32)/t14-,15-,18?/m1/s1. The van der Waals surface area contributed by atoms with Gasteiger partial charge in [0.2, 0.25) is 11.8 Å². The summed E-state index contributed by atoms with van der Waals surface area (Å²) in [5.41, 5.74) is 1.90. The van der Waals surface area contributed by atoms with E-state index in [1.165, 1.54) is 4.57 Å². The van der Waals surface area contributed by atoms with Gasteiger partial charge in [0.15, 0.2) is 0 Å². The van der Waals surface area contributed by atoms with E-state index in [9.17, 15) is 23.6 Å². The number of imidazole rings is 1. The van der Waals surface area contributed by atoms with E-state index in [1.807, 2.05) is 18.2 Å². The summed E-state index contributed by atoms with van der Waals surface area (Å²) < 4.78 is 17.8. The number of anilines is 1. The molecule has 2 aromatic rings. The van der Waals surface area contributed by atoms with E-state index in [4.69, 9.17) is 5.11 Å². The van der Waals surface area contributed by atoms with Crippen LogP contribution in [0.5, 0.6) is 0 Å². The Morgan fingerprint density at radius 2 is 1.83 bits per heavy atom. The number of imide groups is 1. The number of alkyl halides is 1. The highest BCUT2D eigenvalue weighted by Crippen LogP contribution is 2.31. The zero-order chi connectivity index (χ0) is 24.9. The van der Waals surface area contributed by atoms with Gasteiger partial charge < -0.3 is 14.9 Å². The first-order chi connectivity index (χ1) is 16.8. The summed E-state index contributed by atoms with van der Waals surface area (Å²) >= 11 is 0. The number of carbonyl (C=O) groups is 3. The lowest BCUT2D eigenvalue weighted by Gasteiger charge is -2.44. The van der Waals surface area contributed by atoms with Crippen molar-refractivity contribution in [2.45, 2.75) is 37.5 Å². The van der Waals surface area contributed by atoms with Gasteiger partial charge in [-0.1, -0.05) is 6.07 Å². The van der Waals surface area contributed by atoms with E-state index in [0.29, 0.717) is 50.2 Å². The van der Waals surface area contributed by atoms with Crippen LogP contribution in [0.2, 0.25) is 0 Å². The van der Waals surface area contributed by atoms with Gasteiger partial charge in [0.1, 0.15) is 12.2 Å². The summed E-state index contributed by atoms with van der Waals surface area (Å²) in [7, 11) is 1.68. The van der Waals surface area contributed by atoms with Gasteiger partial charge in [-0.25, -0.2) is 14.0 Å². The third-order valence-corrected chi connectivity index (χ3v) is 7.50. The minimum absolute atomic E-state index is 0.102. The molecule has 5 rings (SSSR count).